The summed E-state index contributed by atoms with van der Waals surface area (Å²) < 4.78 is 0. The lowest BCUT2D eigenvalue weighted by atomic mass is 10.0. The molecule has 2 N–H and O–H groups in total. The highest BCUT2D eigenvalue weighted by Crippen LogP contribution is 2.15. The van der Waals surface area contributed by atoms with E-state index in [1.807, 2.05) is 0 Å². The third-order valence-electron chi connectivity index (χ3n) is 7.24. The smallest absolute Gasteiger partial charge is 0.0796 e. The SMILES string of the molecule is CCCCCCCCCCCCCCCCCCCCCCCC[NH2+]CCc1ccccc1.[Cl-]. The van der Waals surface area contributed by atoms with E-state index in [0.717, 1.165) is 0 Å². The molecule has 0 saturated carbocycles. The molecule has 0 atom stereocenters. The van der Waals surface area contributed by atoms with Crippen LogP contribution in [0.2, 0.25) is 0 Å². The van der Waals surface area contributed by atoms with Gasteiger partial charge in [-0.05, 0) is 18.4 Å². The fourth-order valence-corrected chi connectivity index (χ4v) is 4.96. The average molecular weight is 494 g/mol. The van der Waals surface area contributed by atoms with Gasteiger partial charge in [-0.1, -0.05) is 166 Å². The third-order valence-corrected chi connectivity index (χ3v) is 7.24. The van der Waals surface area contributed by atoms with E-state index in [9.17, 15) is 0 Å². The van der Waals surface area contributed by atoms with Crippen LogP contribution in [0.25, 0.3) is 0 Å². The van der Waals surface area contributed by atoms with Crippen molar-refractivity contribution in [2.24, 2.45) is 0 Å². The lowest BCUT2D eigenvalue weighted by molar-refractivity contribution is -0.654. The van der Waals surface area contributed by atoms with E-state index < -0.39 is 0 Å². The van der Waals surface area contributed by atoms with Crippen molar-refractivity contribution in [3.05, 3.63) is 35.9 Å². The molecule has 1 aromatic carbocycles. The standard InChI is InChI=1S/C32H59N.ClH/c1-2-3-4-5-6-7-8-9-10-11-12-13-14-15-16-17-18-19-20-21-22-26-30-33-31-29-32-27-24-23-25-28-32;/h23-25,27-28,33H,2-22,26,29-31H2,1H3;1H. The van der Waals surface area contributed by atoms with Gasteiger partial charge in [0.05, 0.1) is 13.1 Å². The molecule has 200 valence electrons. The predicted octanol–water partition coefficient (Wildman–Crippen LogP) is 6.40. The van der Waals surface area contributed by atoms with Crippen LogP contribution in [0, 0.1) is 0 Å². The molecule has 0 bridgehead atoms. The number of quaternary nitrogens is 1. The summed E-state index contributed by atoms with van der Waals surface area (Å²) in [7, 11) is 0. The summed E-state index contributed by atoms with van der Waals surface area (Å²) in [5.41, 5.74) is 1.47. The largest absolute Gasteiger partial charge is 1.00 e. The summed E-state index contributed by atoms with van der Waals surface area (Å²) in [6.07, 6.45) is 33.4. The number of hydrogen-bond donors (Lipinski definition) is 1. The molecule has 0 radical (unpaired) electrons. The molecule has 0 amide bonds. The van der Waals surface area contributed by atoms with Crippen LogP contribution >= 0.6 is 0 Å². The number of hydrogen-bond acceptors (Lipinski definition) is 0. The number of benzene rings is 1. The summed E-state index contributed by atoms with van der Waals surface area (Å²) in [6.45, 7) is 4.85. The summed E-state index contributed by atoms with van der Waals surface area (Å²) in [5, 5.41) is 2.50. The number of rotatable bonds is 26. The van der Waals surface area contributed by atoms with E-state index in [4.69, 9.17) is 0 Å². The van der Waals surface area contributed by atoms with Crippen molar-refractivity contribution in [3.8, 4) is 0 Å². The number of unbranched alkanes of at least 4 members (excludes halogenated alkanes) is 21. The van der Waals surface area contributed by atoms with Gasteiger partial charge in [-0.2, -0.15) is 0 Å². The Bertz CT molecular complexity index is 475. The summed E-state index contributed by atoms with van der Waals surface area (Å²) >= 11 is 0. The fourth-order valence-electron chi connectivity index (χ4n) is 4.96. The van der Waals surface area contributed by atoms with Crippen molar-refractivity contribution in [3.63, 3.8) is 0 Å². The monoisotopic (exact) mass is 493 g/mol. The second-order valence-electron chi connectivity index (χ2n) is 10.5. The maximum Gasteiger partial charge on any atom is 0.0796 e. The van der Waals surface area contributed by atoms with Gasteiger partial charge in [-0.15, -0.1) is 0 Å². The van der Waals surface area contributed by atoms with Crippen molar-refractivity contribution in [1.82, 2.24) is 0 Å². The lowest BCUT2D eigenvalue weighted by Crippen LogP contribution is -3.00. The highest BCUT2D eigenvalue weighted by molar-refractivity contribution is 5.14. The highest BCUT2D eigenvalue weighted by atomic mass is 35.5. The Kier molecular flexibility index (Phi) is 28.3. The molecule has 0 heterocycles. The Morgan fingerprint density at radius 2 is 0.794 bits per heavy atom. The molecule has 0 aliphatic rings. The minimum atomic E-state index is 0. The highest BCUT2D eigenvalue weighted by Gasteiger charge is 1.97. The van der Waals surface area contributed by atoms with Gasteiger partial charge in [0.25, 0.3) is 0 Å². The molecule has 1 rings (SSSR count). The molecule has 0 aliphatic carbocycles. The Morgan fingerprint density at radius 3 is 1.18 bits per heavy atom. The zero-order valence-corrected chi connectivity index (χ0v) is 23.8. The zero-order chi connectivity index (χ0) is 23.5. The molecular formula is C32H60ClN. The molecule has 0 unspecified atom stereocenters. The van der Waals surface area contributed by atoms with E-state index in [1.165, 1.54) is 166 Å². The van der Waals surface area contributed by atoms with Crippen LogP contribution in [0.5, 0.6) is 0 Å². The Morgan fingerprint density at radius 1 is 0.441 bits per heavy atom. The maximum absolute atomic E-state index is 2.50. The molecule has 0 saturated heterocycles. The summed E-state index contributed by atoms with van der Waals surface area (Å²) in [5.74, 6) is 0. The van der Waals surface area contributed by atoms with Crippen LogP contribution in [0.15, 0.2) is 30.3 Å². The van der Waals surface area contributed by atoms with Crippen LogP contribution in [-0.2, 0) is 6.42 Å². The molecule has 1 aromatic rings. The Balaban J connectivity index is 0.0000109. The Labute approximate surface area is 221 Å². The second-order valence-corrected chi connectivity index (χ2v) is 10.5. The van der Waals surface area contributed by atoms with E-state index in [1.54, 1.807) is 0 Å². The van der Waals surface area contributed by atoms with Crippen molar-refractivity contribution in [2.45, 2.75) is 155 Å². The quantitative estimate of drug-likeness (QED) is 0.144. The van der Waals surface area contributed by atoms with E-state index in [2.05, 4.69) is 42.6 Å². The normalized spacial score (nSPS) is 11.0. The molecule has 0 aromatic heterocycles. The van der Waals surface area contributed by atoms with Crippen molar-refractivity contribution in [2.75, 3.05) is 13.1 Å². The number of nitrogens with two attached hydrogens (primary N) is 1. The minimum absolute atomic E-state index is 0. The summed E-state index contributed by atoms with van der Waals surface area (Å²) in [6, 6.07) is 10.9. The predicted molar refractivity (Wildman–Crippen MR) is 149 cm³/mol. The van der Waals surface area contributed by atoms with Crippen LogP contribution in [0.4, 0.5) is 0 Å². The zero-order valence-electron chi connectivity index (χ0n) is 23.0. The molecule has 0 spiro atoms. The van der Waals surface area contributed by atoms with Crippen LogP contribution in [0.3, 0.4) is 0 Å². The van der Waals surface area contributed by atoms with Gasteiger partial charge in [0, 0.05) is 6.42 Å². The fraction of sp³-hybridized carbons (Fsp3) is 0.812. The number of halogens is 1. The van der Waals surface area contributed by atoms with Crippen LogP contribution in [-0.4, -0.2) is 13.1 Å². The van der Waals surface area contributed by atoms with Gasteiger partial charge in [0.1, 0.15) is 0 Å². The van der Waals surface area contributed by atoms with Gasteiger partial charge in [-0.3, -0.25) is 0 Å². The van der Waals surface area contributed by atoms with Crippen LogP contribution < -0.4 is 17.7 Å². The topological polar surface area (TPSA) is 16.6 Å². The molecule has 2 heteroatoms. The minimum Gasteiger partial charge on any atom is -1.00 e. The van der Waals surface area contributed by atoms with Crippen molar-refractivity contribution >= 4 is 0 Å². The second kappa shape index (κ2) is 28.7. The average Bonchev–Trinajstić information content (AvgIpc) is 2.84. The van der Waals surface area contributed by atoms with E-state index in [-0.39, 0.29) is 12.4 Å². The first kappa shape index (κ1) is 33.5. The first-order valence-corrected chi connectivity index (χ1v) is 15.3. The molecule has 0 fully saturated rings. The lowest BCUT2D eigenvalue weighted by Gasteiger charge is -2.04. The molecule has 0 aliphatic heterocycles. The van der Waals surface area contributed by atoms with Gasteiger partial charge in [-0.25, -0.2) is 0 Å². The van der Waals surface area contributed by atoms with Gasteiger partial charge < -0.3 is 17.7 Å². The Hall–Kier alpha value is -0.530. The van der Waals surface area contributed by atoms with Crippen molar-refractivity contribution in [1.29, 1.82) is 0 Å². The first-order chi connectivity index (χ1) is 16.4. The molecule has 1 nitrogen and oxygen atoms in total. The van der Waals surface area contributed by atoms with E-state index in [0.29, 0.717) is 0 Å². The van der Waals surface area contributed by atoms with Gasteiger partial charge in [0.15, 0.2) is 0 Å². The molecule has 34 heavy (non-hydrogen) atoms. The van der Waals surface area contributed by atoms with Crippen molar-refractivity contribution < 1.29 is 17.7 Å². The van der Waals surface area contributed by atoms with E-state index >= 15 is 0 Å². The summed E-state index contributed by atoms with van der Waals surface area (Å²) in [4.78, 5) is 0. The third kappa shape index (κ3) is 24.6. The first-order valence-electron chi connectivity index (χ1n) is 15.3. The van der Waals surface area contributed by atoms with Gasteiger partial charge >= 0.3 is 0 Å². The van der Waals surface area contributed by atoms with Gasteiger partial charge in [0.2, 0.25) is 0 Å². The molecular weight excluding hydrogens is 434 g/mol. The van der Waals surface area contributed by atoms with Crippen LogP contribution in [0.1, 0.15) is 154 Å². The maximum atomic E-state index is 2.50.